The van der Waals surface area contributed by atoms with Crippen molar-refractivity contribution in [3.8, 4) is 0 Å². The van der Waals surface area contributed by atoms with E-state index in [-0.39, 0.29) is 0 Å². The molecule has 2 atom stereocenters. The molecule has 0 bridgehead atoms. The Balaban J connectivity index is 1.74. The highest BCUT2D eigenvalue weighted by Crippen LogP contribution is 2.35. The number of hydrogen-bond acceptors (Lipinski definition) is 2. The first-order valence-corrected chi connectivity index (χ1v) is 6.86. The van der Waals surface area contributed by atoms with E-state index in [0.717, 1.165) is 31.7 Å². The summed E-state index contributed by atoms with van der Waals surface area (Å²) in [6.45, 7) is 3.47. The first-order chi connectivity index (χ1) is 8.10. The van der Waals surface area contributed by atoms with E-state index in [0.29, 0.717) is 18.4 Å². The molecule has 2 aliphatic rings. The monoisotopic (exact) mass is 239 g/mol. The van der Waals surface area contributed by atoms with Gasteiger partial charge in [0.1, 0.15) is 0 Å². The van der Waals surface area contributed by atoms with Crippen LogP contribution < -0.4 is 11.1 Å². The zero-order valence-electron chi connectivity index (χ0n) is 10.8. The van der Waals surface area contributed by atoms with Crippen LogP contribution in [0.4, 0.5) is 0 Å². The van der Waals surface area contributed by atoms with Gasteiger partial charge in [0, 0.05) is 6.54 Å². The third-order valence-corrected chi connectivity index (χ3v) is 4.48. The van der Waals surface area contributed by atoms with Gasteiger partial charge in [-0.2, -0.15) is 0 Å². The van der Waals surface area contributed by atoms with E-state index in [4.69, 9.17) is 5.73 Å². The van der Waals surface area contributed by atoms with Crippen LogP contribution in [0.2, 0.25) is 0 Å². The maximum absolute atomic E-state index is 10.4. The molecule has 17 heavy (non-hydrogen) atoms. The highest BCUT2D eigenvalue weighted by atomic mass is 16.3. The first kappa shape index (κ1) is 12.7. The molecular weight excluding hydrogens is 214 g/mol. The van der Waals surface area contributed by atoms with E-state index in [2.05, 4.69) is 17.2 Å². The van der Waals surface area contributed by atoms with Gasteiger partial charge in [0.25, 0.3) is 0 Å². The molecule has 2 fully saturated rings. The van der Waals surface area contributed by atoms with Gasteiger partial charge in [-0.3, -0.25) is 4.99 Å². The Morgan fingerprint density at radius 1 is 1.41 bits per heavy atom. The zero-order valence-corrected chi connectivity index (χ0v) is 10.8. The van der Waals surface area contributed by atoms with Crippen molar-refractivity contribution >= 4 is 5.96 Å². The van der Waals surface area contributed by atoms with Gasteiger partial charge in [-0.05, 0) is 37.5 Å². The van der Waals surface area contributed by atoms with Gasteiger partial charge >= 0.3 is 0 Å². The topological polar surface area (TPSA) is 70.6 Å². The van der Waals surface area contributed by atoms with Gasteiger partial charge in [-0.1, -0.05) is 19.8 Å². The summed E-state index contributed by atoms with van der Waals surface area (Å²) in [5, 5.41) is 13.5. The van der Waals surface area contributed by atoms with Gasteiger partial charge in [0.15, 0.2) is 5.96 Å². The summed E-state index contributed by atoms with van der Waals surface area (Å²) in [6.07, 6.45) is 7.01. The Kier molecular flexibility index (Phi) is 3.92. The summed E-state index contributed by atoms with van der Waals surface area (Å²) in [7, 11) is 0. The molecule has 2 saturated carbocycles. The molecule has 2 unspecified atom stereocenters. The largest absolute Gasteiger partial charge is 0.388 e. The fourth-order valence-corrected chi connectivity index (χ4v) is 2.69. The molecule has 0 aromatic rings. The Morgan fingerprint density at radius 3 is 2.71 bits per heavy atom. The van der Waals surface area contributed by atoms with Crippen molar-refractivity contribution in [3.63, 3.8) is 0 Å². The molecule has 4 nitrogen and oxygen atoms in total. The molecule has 0 saturated heterocycles. The van der Waals surface area contributed by atoms with Gasteiger partial charge in [-0.25, -0.2) is 0 Å². The van der Waals surface area contributed by atoms with E-state index in [9.17, 15) is 5.11 Å². The summed E-state index contributed by atoms with van der Waals surface area (Å²) in [5.41, 5.74) is 5.19. The molecule has 0 aromatic heterocycles. The maximum atomic E-state index is 10.4. The van der Waals surface area contributed by atoms with Crippen LogP contribution in [0.15, 0.2) is 4.99 Å². The number of nitrogens with one attached hydrogen (secondary N) is 1. The third kappa shape index (κ3) is 3.12. The molecule has 98 valence electrons. The molecule has 0 amide bonds. The first-order valence-electron chi connectivity index (χ1n) is 6.86. The molecule has 0 radical (unpaired) electrons. The lowest BCUT2D eigenvalue weighted by Gasteiger charge is -2.27. The second-order valence-corrected chi connectivity index (χ2v) is 5.78. The minimum atomic E-state index is -0.622. The average Bonchev–Trinajstić information content (AvgIpc) is 2.55. The van der Waals surface area contributed by atoms with Crippen LogP contribution in [-0.4, -0.2) is 29.8 Å². The lowest BCUT2D eigenvalue weighted by molar-refractivity contribution is 0.0186. The Bertz CT molecular complexity index is 288. The molecule has 4 heteroatoms. The Labute approximate surface area is 104 Å². The Morgan fingerprint density at radius 2 is 2.18 bits per heavy atom. The van der Waals surface area contributed by atoms with Crippen LogP contribution in [0.25, 0.3) is 0 Å². The van der Waals surface area contributed by atoms with Crippen LogP contribution in [0.5, 0.6) is 0 Å². The Hall–Kier alpha value is -0.770. The minimum absolute atomic E-state index is 0.339. The molecule has 2 rings (SSSR count). The lowest BCUT2D eigenvalue weighted by Crippen LogP contribution is -2.40. The standard InChI is InChI=1S/C13H25N3O/c1-10-4-3-7-13(10,17)9-16-12(14)15-8-11-5-2-6-11/h10-11,17H,2-9H2,1H3,(H3,14,15,16). The number of nitrogens with two attached hydrogens (primary N) is 1. The second-order valence-electron chi connectivity index (χ2n) is 5.78. The highest BCUT2D eigenvalue weighted by molar-refractivity contribution is 5.77. The van der Waals surface area contributed by atoms with Crippen LogP contribution >= 0.6 is 0 Å². The van der Waals surface area contributed by atoms with Crippen LogP contribution in [0.1, 0.15) is 45.4 Å². The van der Waals surface area contributed by atoms with Crippen LogP contribution in [0, 0.1) is 11.8 Å². The summed E-state index contributed by atoms with van der Waals surface area (Å²) in [6, 6.07) is 0. The molecule has 0 spiro atoms. The van der Waals surface area contributed by atoms with E-state index in [1.54, 1.807) is 0 Å². The lowest BCUT2D eigenvalue weighted by atomic mass is 9.85. The summed E-state index contributed by atoms with van der Waals surface area (Å²) in [4.78, 5) is 4.29. The fraction of sp³-hybridized carbons (Fsp3) is 0.923. The van der Waals surface area contributed by atoms with E-state index >= 15 is 0 Å². The summed E-state index contributed by atoms with van der Waals surface area (Å²) in [5.74, 6) is 1.60. The molecule has 0 aromatic carbocycles. The van der Waals surface area contributed by atoms with Gasteiger partial charge in [-0.15, -0.1) is 0 Å². The number of rotatable bonds is 4. The molecule has 0 heterocycles. The number of aliphatic hydroxyl groups is 1. The molecule has 0 aliphatic heterocycles. The van der Waals surface area contributed by atoms with Crippen molar-refractivity contribution in [1.82, 2.24) is 5.32 Å². The SMILES string of the molecule is CC1CCCC1(O)CN=C(N)NCC1CCC1. The highest BCUT2D eigenvalue weighted by Gasteiger charge is 2.37. The van der Waals surface area contributed by atoms with E-state index in [1.165, 1.54) is 19.3 Å². The van der Waals surface area contributed by atoms with Crippen molar-refractivity contribution in [1.29, 1.82) is 0 Å². The predicted octanol–water partition coefficient (Wildman–Crippen LogP) is 1.24. The van der Waals surface area contributed by atoms with Crippen molar-refractivity contribution < 1.29 is 5.11 Å². The maximum Gasteiger partial charge on any atom is 0.188 e. The number of hydrogen-bond donors (Lipinski definition) is 3. The zero-order chi connectivity index (χ0) is 12.3. The number of nitrogens with zero attached hydrogens (tertiary/aromatic N) is 1. The minimum Gasteiger partial charge on any atom is -0.388 e. The van der Waals surface area contributed by atoms with Gasteiger partial charge in [0.05, 0.1) is 12.1 Å². The average molecular weight is 239 g/mol. The third-order valence-electron chi connectivity index (χ3n) is 4.48. The molecular formula is C13H25N3O. The van der Waals surface area contributed by atoms with Gasteiger partial charge in [0.2, 0.25) is 0 Å². The summed E-state index contributed by atoms with van der Waals surface area (Å²) < 4.78 is 0. The quantitative estimate of drug-likeness (QED) is 0.510. The van der Waals surface area contributed by atoms with Crippen LogP contribution in [-0.2, 0) is 0 Å². The second kappa shape index (κ2) is 5.25. The van der Waals surface area contributed by atoms with Gasteiger partial charge < -0.3 is 16.2 Å². The number of aliphatic imine (C=N–C) groups is 1. The summed E-state index contributed by atoms with van der Waals surface area (Å²) >= 11 is 0. The van der Waals surface area contributed by atoms with Crippen molar-refractivity contribution in [2.24, 2.45) is 22.6 Å². The smallest absolute Gasteiger partial charge is 0.188 e. The van der Waals surface area contributed by atoms with E-state index in [1.807, 2.05) is 0 Å². The van der Waals surface area contributed by atoms with E-state index < -0.39 is 5.60 Å². The number of guanidine groups is 1. The normalized spacial score (nSPS) is 34.7. The van der Waals surface area contributed by atoms with Crippen LogP contribution in [0.3, 0.4) is 0 Å². The van der Waals surface area contributed by atoms with Crippen molar-refractivity contribution in [3.05, 3.63) is 0 Å². The fourth-order valence-electron chi connectivity index (χ4n) is 2.69. The van der Waals surface area contributed by atoms with Crippen molar-refractivity contribution in [2.75, 3.05) is 13.1 Å². The predicted molar refractivity (Wildman–Crippen MR) is 69.8 cm³/mol. The molecule has 2 aliphatic carbocycles. The molecule has 4 N–H and O–H groups in total. The van der Waals surface area contributed by atoms with Crippen molar-refractivity contribution in [2.45, 2.75) is 51.0 Å².